The summed E-state index contributed by atoms with van der Waals surface area (Å²) < 4.78 is 22.4. The minimum absolute atomic E-state index is 0.279. The molecule has 4 aromatic carbocycles. The van der Waals surface area contributed by atoms with Gasteiger partial charge in [-0.15, -0.1) is 0 Å². The molecule has 4 heteroatoms. The summed E-state index contributed by atoms with van der Waals surface area (Å²) >= 11 is 0. The van der Waals surface area contributed by atoms with Crippen molar-refractivity contribution < 1.29 is 13.4 Å². The third-order valence-electron chi connectivity index (χ3n) is 6.83. The molecule has 3 nitrogen and oxygen atoms in total. The van der Waals surface area contributed by atoms with E-state index in [-0.39, 0.29) is 5.82 Å². The fraction of sp³-hybridized carbons (Fsp3) is 0.0625. The molecule has 6 rings (SSSR count). The molecule has 0 N–H and O–H groups in total. The molecule has 2 aromatic heterocycles. The number of aryl methyl sites for hydroxylation is 2. The van der Waals surface area contributed by atoms with E-state index in [0.29, 0.717) is 11.1 Å². The van der Waals surface area contributed by atoms with Crippen LogP contribution in [0.5, 0.6) is 0 Å². The standard InChI is InChI=1S/C32H22FN2O/c1-20-26(28-18-25(33)15-16-35(28)2)13-14-29-30(20)27-12-11-24(19-34)31(32(27)36-29)23-10-6-9-22(17-23)21-7-4-3-5-8-21/h3-18H,1-2H3/q+1. The lowest BCUT2D eigenvalue weighted by Crippen LogP contribution is -2.30. The monoisotopic (exact) mass is 469 g/mol. The first-order valence-corrected chi connectivity index (χ1v) is 11.8. The Morgan fingerprint density at radius 2 is 1.61 bits per heavy atom. The van der Waals surface area contributed by atoms with Crippen LogP contribution in [0, 0.1) is 24.1 Å². The Labute approximate surface area is 208 Å². The third kappa shape index (κ3) is 3.45. The van der Waals surface area contributed by atoms with E-state index in [1.54, 1.807) is 12.3 Å². The highest BCUT2D eigenvalue weighted by atomic mass is 19.1. The molecule has 2 heterocycles. The number of fused-ring (bicyclic) bond motifs is 3. The Morgan fingerprint density at radius 3 is 2.42 bits per heavy atom. The molecule has 0 atom stereocenters. The highest BCUT2D eigenvalue weighted by Crippen LogP contribution is 2.41. The summed E-state index contributed by atoms with van der Waals surface area (Å²) in [5.41, 5.74) is 8.58. The lowest BCUT2D eigenvalue weighted by Gasteiger charge is -2.09. The summed E-state index contributed by atoms with van der Waals surface area (Å²) in [5.74, 6) is -0.279. The number of halogens is 1. The molecule has 0 aliphatic carbocycles. The zero-order chi connectivity index (χ0) is 24.8. The summed E-state index contributed by atoms with van der Waals surface area (Å²) in [6, 6.07) is 31.4. The predicted molar refractivity (Wildman–Crippen MR) is 141 cm³/mol. The number of nitriles is 1. The van der Waals surface area contributed by atoms with Gasteiger partial charge in [-0.25, -0.2) is 8.96 Å². The first-order valence-electron chi connectivity index (χ1n) is 11.8. The topological polar surface area (TPSA) is 40.8 Å². The van der Waals surface area contributed by atoms with Crippen LogP contribution in [-0.2, 0) is 7.05 Å². The van der Waals surface area contributed by atoms with Crippen LogP contribution < -0.4 is 4.57 Å². The van der Waals surface area contributed by atoms with Crippen LogP contribution in [0.2, 0.25) is 0 Å². The van der Waals surface area contributed by atoms with E-state index < -0.39 is 0 Å². The number of aromatic nitrogens is 1. The maximum absolute atomic E-state index is 14.1. The molecular weight excluding hydrogens is 447 g/mol. The van der Waals surface area contributed by atoms with Gasteiger partial charge in [0.2, 0.25) is 5.69 Å². The van der Waals surface area contributed by atoms with Gasteiger partial charge in [-0.2, -0.15) is 5.26 Å². The molecule has 0 saturated carbocycles. The summed E-state index contributed by atoms with van der Waals surface area (Å²) in [7, 11) is 1.91. The van der Waals surface area contributed by atoms with Gasteiger partial charge in [-0.05, 0) is 59.5 Å². The molecule has 172 valence electrons. The van der Waals surface area contributed by atoms with Gasteiger partial charge in [-0.1, -0.05) is 48.5 Å². The first kappa shape index (κ1) is 21.8. The van der Waals surface area contributed by atoms with Crippen molar-refractivity contribution in [3.05, 3.63) is 114 Å². The second kappa shape index (κ2) is 8.48. The zero-order valence-electron chi connectivity index (χ0n) is 19.9. The lowest BCUT2D eigenvalue weighted by molar-refractivity contribution is -0.660. The molecule has 0 aliphatic heterocycles. The van der Waals surface area contributed by atoms with Crippen LogP contribution in [0.25, 0.3) is 55.4 Å². The number of rotatable bonds is 3. The van der Waals surface area contributed by atoms with Crippen LogP contribution in [0.3, 0.4) is 0 Å². The smallest absolute Gasteiger partial charge is 0.215 e. The highest BCUT2D eigenvalue weighted by molar-refractivity contribution is 6.13. The van der Waals surface area contributed by atoms with Gasteiger partial charge in [0, 0.05) is 28.5 Å². The molecule has 0 fully saturated rings. The van der Waals surface area contributed by atoms with Crippen LogP contribution >= 0.6 is 0 Å². The second-order valence-electron chi connectivity index (χ2n) is 8.98. The van der Waals surface area contributed by atoms with Gasteiger partial charge >= 0.3 is 0 Å². The number of benzene rings is 4. The Morgan fingerprint density at radius 1 is 0.833 bits per heavy atom. The molecule has 6 aromatic rings. The van der Waals surface area contributed by atoms with Crippen molar-refractivity contribution in [2.45, 2.75) is 6.92 Å². The fourth-order valence-corrected chi connectivity index (χ4v) is 5.06. The van der Waals surface area contributed by atoms with Crippen molar-refractivity contribution in [1.29, 1.82) is 5.26 Å². The predicted octanol–water partition coefficient (Wildman–Crippen LogP) is 7.73. The molecule has 0 radical (unpaired) electrons. The Kier molecular flexibility index (Phi) is 5.13. The molecule has 0 bridgehead atoms. The van der Waals surface area contributed by atoms with Crippen molar-refractivity contribution in [2.75, 3.05) is 0 Å². The molecule has 0 saturated heterocycles. The lowest BCUT2D eigenvalue weighted by atomic mass is 9.93. The molecular formula is C32H22FN2O+. The third-order valence-corrected chi connectivity index (χ3v) is 6.83. The fourth-order valence-electron chi connectivity index (χ4n) is 5.06. The zero-order valence-corrected chi connectivity index (χ0v) is 19.9. The Hall–Kier alpha value is -4.75. The van der Waals surface area contributed by atoms with Crippen molar-refractivity contribution >= 4 is 21.9 Å². The minimum Gasteiger partial charge on any atom is -0.455 e. The SMILES string of the molecule is Cc1c(-c2cc(F)cc[n+]2C)ccc2oc3c(-c4cccc(-c5ccccc5)c4)c(C#N)ccc3c12. The van der Waals surface area contributed by atoms with Crippen LogP contribution in [-0.4, -0.2) is 0 Å². The highest BCUT2D eigenvalue weighted by Gasteiger charge is 2.21. The number of hydrogen-bond acceptors (Lipinski definition) is 2. The quantitative estimate of drug-likeness (QED) is 0.249. The summed E-state index contributed by atoms with van der Waals surface area (Å²) in [5, 5.41) is 11.9. The van der Waals surface area contributed by atoms with E-state index in [9.17, 15) is 9.65 Å². The number of pyridine rings is 1. The van der Waals surface area contributed by atoms with Gasteiger partial charge in [0.25, 0.3) is 0 Å². The molecule has 0 spiro atoms. The van der Waals surface area contributed by atoms with Gasteiger partial charge in [0.05, 0.1) is 17.2 Å². The van der Waals surface area contributed by atoms with E-state index >= 15 is 0 Å². The average Bonchev–Trinajstić information content (AvgIpc) is 3.30. The minimum atomic E-state index is -0.279. The van der Waals surface area contributed by atoms with E-state index in [1.807, 2.05) is 73.1 Å². The summed E-state index contributed by atoms with van der Waals surface area (Å²) in [4.78, 5) is 0. The normalized spacial score (nSPS) is 11.2. The van der Waals surface area contributed by atoms with Gasteiger partial charge < -0.3 is 4.42 Å². The maximum atomic E-state index is 14.1. The van der Waals surface area contributed by atoms with Crippen LogP contribution in [0.1, 0.15) is 11.1 Å². The largest absolute Gasteiger partial charge is 0.455 e. The van der Waals surface area contributed by atoms with Crippen LogP contribution in [0.4, 0.5) is 4.39 Å². The molecule has 36 heavy (non-hydrogen) atoms. The van der Waals surface area contributed by atoms with E-state index in [1.165, 1.54) is 6.07 Å². The van der Waals surface area contributed by atoms with Crippen molar-refractivity contribution in [3.8, 4) is 39.6 Å². The molecule has 0 amide bonds. The van der Waals surface area contributed by atoms with E-state index in [2.05, 4.69) is 30.3 Å². The van der Waals surface area contributed by atoms with E-state index in [0.717, 1.165) is 55.4 Å². The summed E-state index contributed by atoms with van der Waals surface area (Å²) in [6.45, 7) is 2.03. The molecule has 0 unspecified atom stereocenters. The molecule has 0 aliphatic rings. The number of hydrogen-bond donors (Lipinski definition) is 0. The summed E-state index contributed by atoms with van der Waals surface area (Å²) in [6.07, 6.45) is 1.72. The van der Waals surface area contributed by atoms with Gasteiger partial charge in [-0.3, -0.25) is 0 Å². The van der Waals surface area contributed by atoms with Crippen LogP contribution in [0.15, 0.2) is 102 Å². The number of furan rings is 1. The van der Waals surface area contributed by atoms with Gasteiger partial charge in [0.1, 0.15) is 24.0 Å². The first-order chi connectivity index (χ1) is 17.5. The van der Waals surface area contributed by atoms with Gasteiger partial charge in [0.15, 0.2) is 6.20 Å². The van der Waals surface area contributed by atoms with E-state index in [4.69, 9.17) is 4.42 Å². The van der Waals surface area contributed by atoms with Crippen molar-refractivity contribution in [2.24, 2.45) is 7.05 Å². The second-order valence-corrected chi connectivity index (χ2v) is 8.98. The Balaban J connectivity index is 1.62. The Bertz CT molecular complexity index is 1830. The van der Waals surface area contributed by atoms with Crippen molar-refractivity contribution in [3.63, 3.8) is 0 Å². The maximum Gasteiger partial charge on any atom is 0.215 e. The van der Waals surface area contributed by atoms with Crippen molar-refractivity contribution in [1.82, 2.24) is 0 Å². The average molecular weight is 470 g/mol. The number of nitrogens with zero attached hydrogens (tertiary/aromatic N) is 2.